The molecule has 1 aromatic carbocycles. The molecule has 1 unspecified atom stereocenters. The summed E-state index contributed by atoms with van der Waals surface area (Å²) in [5.74, 6) is 0.256. The molecular formula is C20H27N5O2. The lowest BCUT2D eigenvalue weighted by Gasteiger charge is -2.36. The molecule has 1 atom stereocenters. The third-order valence-electron chi connectivity index (χ3n) is 5.79. The monoisotopic (exact) mass is 369 g/mol. The van der Waals surface area contributed by atoms with Crippen molar-refractivity contribution in [3.05, 3.63) is 24.4 Å². The molecule has 0 saturated carbocycles. The van der Waals surface area contributed by atoms with Crippen molar-refractivity contribution in [2.24, 2.45) is 7.05 Å². The number of piperidine rings is 1. The molecule has 1 N–H and O–H groups in total. The predicted molar refractivity (Wildman–Crippen MR) is 105 cm³/mol. The molecule has 27 heavy (non-hydrogen) atoms. The minimum atomic E-state index is -0.0457. The number of rotatable bonds is 4. The molecular weight excluding hydrogens is 342 g/mol. The van der Waals surface area contributed by atoms with Crippen LogP contribution in [0.25, 0.3) is 10.9 Å². The Labute approximate surface area is 159 Å². The number of carbonyl (C=O) groups is 2. The minimum Gasteiger partial charge on any atom is -0.343 e. The van der Waals surface area contributed by atoms with E-state index in [4.69, 9.17) is 0 Å². The number of hydrogen-bond donors (Lipinski definition) is 1. The van der Waals surface area contributed by atoms with Gasteiger partial charge in [-0.15, -0.1) is 0 Å². The van der Waals surface area contributed by atoms with Crippen LogP contribution in [0.2, 0.25) is 0 Å². The molecule has 0 spiro atoms. The molecule has 3 amide bonds. The largest absolute Gasteiger partial charge is 0.343 e. The predicted octanol–water partition coefficient (Wildman–Crippen LogP) is 2.97. The minimum absolute atomic E-state index is 0.0457. The van der Waals surface area contributed by atoms with Gasteiger partial charge in [-0.1, -0.05) is 0 Å². The maximum absolute atomic E-state index is 12.9. The van der Waals surface area contributed by atoms with E-state index in [9.17, 15) is 9.59 Å². The van der Waals surface area contributed by atoms with Crippen molar-refractivity contribution in [1.82, 2.24) is 19.6 Å². The van der Waals surface area contributed by atoms with Gasteiger partial charge >= 0.3 is 6.03 Å². The zero-order chi connectivity index (χ0) is 18.8. The number of aryl methyl sites for hydroxylation is 1. The zero-order valence-electron chi connectivity index (χ0n) is 15.9. The van der Waals surface area contributed by atoms with E-state index in [0.717, 1.165) is 68.3 Å². The SMILES string of the molecule is Cn1ncc2cc(NC(=O)N3CCCCC3CCN3CCCC3=O)ccc21. The summed E-state index contributed by atoms with van der Waals surface area (Å²) in [5.41, 5.74) is 1.83. The number of anilines is 1. The van der Waals surface area contributed by atoms with Crippen molar-refractivity contribution in [2.75, 3.05) is 25.0 Å². The van der Waals surface area contributed by atoms with E-state index in [1.54, 1.807) is 0 Å². The summed E-state index contributed by atoms with van der Waals surface area (Å²) >= 11 is 0. The molecule has 2 fully saturated rings. The Morgan fingerprint density at radius 1 is 1.26 bits per heavy atom. The molecule has 2 aromatic rings. The smallest absolute Gasteiger partial charge is 0.322 e. The van der Waals surface area contributed by atoms with Crippen molar-refractivity contribution in [1.29, 1.82) is 0 Å². The first-order valence-corrected chi connectivity index (χ1v) is 9.89. The molecule has 144 valence electrons. The Hall–Kier alpha value is -2.57. The summed E-state index contributed by atoms with van der Waals surface area (Å²) in [4.78, 5) is 28.6. The van der Waals surface area contributed by atoms with Gasteiger partial charge in [0, 0.05) is 50.2 Å². The highest BCUT2D eigenvalue weighted by atomic mass is 16.2. The number of urea groups is 1. The Kier molecular flexibility index (Phi) is 5.01. The van der Waals surface area contributed by atoms with Gasteiger partial charge in [0.15, 0.2) is 0 Å². The maximum Gasteiger partial charge on any atom is 0.322 e. The molecule has 0 aliphatic carbocycles. The highest BCUT2D eigenvalue weighted by Gasteiger charge is 2.28. The van der Waals surface area contributed by atoms with Gasteiger partial charge in [-0.05, 0) is 50.3 Å². The molecule has 3 heterocycles. The standard InChI is InChI=1S/C20H27N5O2/c1-23-18-8-7-16(13-15(18)14-21-23)22-20(27)25-11-3-2-5-17(25)9-12-24-10-4-6-19(24)26/h7-8,13-14,17H,2-6,9-12H2,1H3,(H,22,27). The molecule has 4 rings (SSSR count). The normalized spacial score (nSPS) is 20.5. The lowest BCUT2D eigenvalue weighted by Crippen LogP contribution is -2.47. The van der Waals surface area contributed by atoms with Crippen molar-refractivity contribution in [3.63, 3.8) is 0 Å². The lowest BCUT2D eigenvalue weighted by atomic mass is 9.99. The van der Waals surface area contributed by atoms with Crippen molar-refractivity contribution < 1.29 is 9.59 Å². The number of nitrogens with one attached hydrogen (secondary N) is 1. The fraction of sp³-hybridized carbons (Fsp3) is 0.550. The van der Waals surface area contributed by atoms with E-state index in [2.05, 4.69) is 10.4 Å². The first kappa shape index (κ1) is 17.8. The third-order valence-corrected chi connectivity index (χ3v) is 5.79. The second-order valence-corrected chi connectivity index (χ2v) is 7.59. The van der Waals surface area contributed by atoms with Crippen molar-refractivity contribution in [3.8, 4) is 0 Å². The van der Waals surface area contributed by atoms with Crippen LogP contribution in [0, 0.1) is 0 Å². The number of fused-ring (bicyclic) bond motifs is 1. The van der Waals surface area contributed by atoms with Gasteiger partial charge in [0.2, 0.25) is 5.91 Å². The highest BCUT2D eigenvalue weighted by molar-refractivity contribution is 5.92. The van der Waals surface area contributed by atoms with Crippen LogP contribution in [0.3, 0.4) is 0 Å². The molecule has 0 radical (unpaired) electrons. The molecule has 0 bridgehead atoms. The van der Waals surface area contributed by atoms with E-state index < -0.39 is 0 Å². The summed E-state index contributed by atoms with van der Waals surface area (Å²) in [6.07, 6.45) is 7.49. The Bertz CT molecular complexity index is 846. The average molecular weight is 369 g/mol. The van der Waals surface area contributed by atoms with Crippen LogP contribution in [-0.4, -0.2) is 57.2 Å². The fourth-order valence-electron chi connectivity index (χ4n) is 4.25. The van der Waals surface area contributed by atoms with Gasteiger partial charge < -0.3 is 15.1 Å². The topological polar surface area (TPSA) is 70.5 Å². The summed E-state index contributed by atoms with van der Waals surface area (Å²) in [7, 11) is 1.91. The van der Waals surface area contributed by atoms with Crippen LogP contribution in [0.15, 0.2) is 24.4 Å². The van der Waals surface area contributed by atoms with Gasteiger partial charge in [0.25, 0.3) is 0 Å². The summed E-state index contributed by atoms with van der Waals surface area (Å²) < 4.78 is 1.82. The van der Waals surface area contributed by atoms with Gasteiger partial charge in [-0.3, -0.25) is 9.48 Å². The number of aromatic nitrogens is 2. The van der Waals surface area contributed by atoms with Crippen molar-refractivity contribution in [2.45, 2.75) is 44.6 Å². The summed E-state index contributed by atoms with van der Waals surface area (Å²) in [6, 6.07) is 6.01. The second kappa shape index (κ2) is 7.58. The summed E-state index contributed by atoms with van der Waals surface area (Å²) in [6.45, 7) is 2.40. The number of hydrogen-bond acceptors (Lipinski definition) is 3. The molecule has 7 heteroatoms. The van der Waals surface area contributed by atoms with Gasteiger partial charge in [-0.25, -0.2) is 4.79 Å². The molecule has 2 aliphatic rings. The molecule has 7 nitrogen and oxygen atoms in total. The number of likely N-dealkylation sites (tertiary alicyclic amines) is 2. The maximum atomic E-state index is 12.9. The summed E-state index contributed by atoms with van der Waals surface area (Å²) in [5, 5.41) is 8.31. The molecule has 2 aliphatic heterocycles. The first-order valence-electron chi connectivity index (χ1n) is 9.89. The third kappa shape index (κ3) is 3.77. The highest BCUT2D eigenvalue weighted by Crippen LogP contribution is 2.24. The van der Waals surface area contributed by atoms with Crippen LogP contribution in [0.5, 0.6) is 0 Å². The van der Waals surface area contributed by atoms with Crippen LogP contribution in [-0.2, 0) is 11.8 Å². The van der Waals surface area contributed by atoms with E-state index >= 15 is 0 Å². The van der Waals surface area contributed by atoms with Crippen molar-refractivity contribution >= 4 is 28.5 Å². The zero-order valence-corrected chi connectivity index (χ0v) is 15.9. The van der Waals surface area contributed by atoms with E-state index in [-0.39, 0.29) is 18.0 Å². The number of benzene rings is 1. The van der Waals surface area contributed by atoms with Crippen LogP contribution < -0.4 is 5.32 Å². The number of nitrogens with zero attached hydrogens (tertiary/aromatic N) is 4. The average Bonchev–Trinajstić information content (AvgIpc) is 3.25. The van der Waals surface area contributed by atoms with E-state index in [1.807, 2.05) is 45.9 Å². The number of carbonyl (C=O) groups excluding carboxylic acids is 2. The molecule has 2 saturated heterocycles. The van der Waals surface area contributed by atoms with Crippen LogP contribution >= 0.6 is 0 Å². The quantitative estimate of drug-likeness (QED) is 0.901. The number of amides is 3. The van der Waals surface area contributed by atoms with Gasteiger partial charge in [0.1, 0.15) is 0 Å². The van der Waals surface area contributed by atoms with E-state index in [1.165, 1.54) is 0 Å². The first-order chi connectivity index (χ1) is 13.1. The Morgan fingerprint density at radius 3 is 2.96 bits per heavy atom. The lowest BCUT2D eigenvalue weighted by molar-refractivity contribution is -0.127. The Morgan fingerprint density at radius 2 is 2.15 bits per heavy atom. The Balaban J connectivity index is 1.40. The van der Waals surface area contributed by atoms with E-state index in [0.29, 0.717) is 6.42 Å². The molecule has 1 aromatic heterocycles. The fourth-order valence-corrected chi connectivity index (χ4v) is 4.25. The van der Waals surface area contributed by atoms with Crippen LogP contribution in [0.4, 0.5) is 10.5 Å². The second-order valence-electron chi connectivity index (χ2n) is 7.59. The van der Waals surface area contributed by atoms with Crippen LogP contribution in [0.1, 0.15) is 38.5 Å². The van der Waals surface area contributed by atoms with Gasteiger partial charge in [-0.2, -0.15) is 5.10 Å². The van der Waals surface area contributed by atoms with Gasteiger partial charge in [0.05, 0.1) is 11.7 Å².